The standard InChI is InChI=1S/C14H15BrS/c1-9-4-6-12(7-5-9)14(15)13-8-10(2)16-11(13)3/h4-8,14H,1-3H3. The number of alkyl halides is 1. The van der Waals surface area contributed by atoms with Gasteiger partial charge in [0, 0.05) is 9.75 Å². The molecule has 0 radical (unpaired) electrons. The number of halogens is 1. The van der Waals surface area contributed by atoms with Crippen LogP contribution in [0.25, 0.3) is 0 Å². The highest BCUT2D eigenvalue weighted by atomic mass is 79.9. The van der Waals surface area contributed by atoms with Crippen molar-refractivity contribution in [3.8, 4) is 0 Å². The second kappa shape index (κ2) is 4.72. The van der Waals surface area contributed by atoms with Crippen molar-refractivity contribution >= 4 is 27.3 Å². The Morgan fingerprint density at radius 1 is 1.06 bits per heavy atom. The van der Waals surface area contributed by atoms with Gasteiger partial charge in [-0.1, -0.05) is 45.8 Å². The fourth-order valence-corrected chi connectivity index (χ4v) is 3.71. The average Bonchev–Trinajstić information content (AvgIpc) is 2.58. The number of hydrogen-bond acceptors (Lipinski definition) is 1. The Balaban J connectivity index is 2.35. The molecule has 1 heterocycles. The van der Waals surface area contributed by atoms with E-state index in [0.717, 1.165) is 0 Å². The predicted molar refractivity (Wildman–Crippen MR) is 75.7 cm³/mol. The smallest absolute Gasteiger partial charge is 0.0655 e. The Kier molecular flexibility index (Phi) is 3.50. The molecular weight excluding hydrogens is 280 g/mol. The number of thiophene rings is 1. The molecule has 1 unspecified atom stereocenters. The molecule has 0 spiro atoms. The summed E-state index contributed by atoms with van der Waals surface area (Å²) in [6.45, 7) is 6.47. The third-order valence-electron chi connectivity index (χ3n) is 2.72. The van der Waals surface area contributed by atoms with Crippen molar-refractivity contribution in [3.63, 3.8) is 0 Å². The Morgan fingerprint density at radius 3 is 2.19 bits per heavy atom. The molecule has 0 N–H and O–H groups in total. The van der Waals surface area contributed by atoms with E-state index >= 15 is 0 Å². The zero-order valence-electron chi connectivity index (χ0n) is 9.75. The van der Waals surface area contributed by atoms with Gasteiger partial charge in [0.15, 0.2) is 0 Å². The maximum absolute atomic E-state index is 3.79. The first-order valence-electron chi connectivity index (χ1n) is 5.35. The van der Waals surface area contributed by atoms with Crippen molar-refractivity contribution < 1.29 is 0 Å². The van der Waals surface area contributed by atoms with Crippen molar-refractivity contribution in [1.82, 2.24) is 0 Å². The molecule has 0 bridgehead atoms. The van der Waals surface area contributed by atoms with Gasteiger partial charge < -0.3 is 0 Å². The van der Waals surface area contributed by atoms with Gasteiger partial charge in [-0.15, -0.1) is 11.3 Å². The molecule has 2 heteroatoms. The Bertz CT molecular complexity index is 482. The summed E-state index contributed by atoms with van der Waals surface area (Å²) >= 11 is 5.65. The van der Waals surface area contributed by atoms with Crippen LogP contribution in [0.1, 0.15) is 31.3 Å². The van der Waals surface area contributed by atoms with Gasteiger partial charge in [0.05, 0.1) is 4.83 Å². The maximum atomic E-state index is 3.79. The van der Waals surface area contributed by atoms with Crippen LogP contribution < -0.4 is 0 Å². The number of benzene rings is 1. The monoisotopic (exact) mass is 294 g/mol. The second-order valence-corrected chi connectivity index (χ2v) is 6.52. The molecule has 2 rings (SSSR count). The lowest BCUT2D eigenvalue weighted by Crippen LogP contribution is -1.92. The summed E-state index contributed by atoms with van der Waals surface area (Å²) in [4.78, 5) is 3.10. The van der Waals surface area contributed by atoms with E-state index in [2.05, 4.69) is 67.0 Å². The third-order valence-corrected chi connectivity index (χ3v) is 4.73. The van der Waals surface area contributed by atoms with Gasteiger partial charge in [-0.25, -0.2) is 0 Å². The van der Waals surface area contributed by atoms with Gasteiger partial charge >= 0.3 is 0 Å². The molecule has 0 nitrogen and oxygen atoms in total. The Hall–Kier alpha value is -0.600. The van der Waals surface area contributed by atoms with Crippen LogP contribution in [0.15, 0.2) is 30.3 Å². The van der Waals surface area contributed by atoms with E-state index in [-0.39, 0.29) is 0 Å². The highest BCUT2D eigenvalue weighted by Crippen LogP contribution is 2.36. The number of hydrogen-bond donors (Lipinski definition) is 0. The van der Waals surface area contributed by atoms with Crippen molar-refractivity contribution in [2.24, 2.45) is 0 Å². The summed E-state index contributed by atoms with van der Waals surface area (Å²) in [6, 6.07) is 11.0. The quantitative estimate of drug-likeness (QED) is 0.671. The summed E-state index contributed by atoms with van der Waals surface area (Å²) in [5.74, 6) is 0. The van der Waals surface area contributed by atoms with E-state index in [1.807, 2.05) is 11.3 Å². The molecule has 0 aliphatic rings. The summed E-state index contributed by atoms with van der Waals surface area (Å²) < 4.78 is 0. The van der Waals surface area contributed by atoms with Crippen LogP contribution in [0.4, 0.5) is 0 Å². The van der Waals surface area contributed by atoms with Crippen molar-refractivity contribution in [2.75, 3.05) is 0 Å². The van der Waals surface area contributed by atoms with Gasteiger partial charge in [-0.05, 0) is 38.0 Å². The first kappa shape index (κ1) is 11.9. The molecule has 1 atom stereocenters. The highest BCUT2D eigenvalue weighted by Gasteiger charge is 2.14. The molecule has 1 aromatic heterocycles. The number of aryl methyl sites for hydroxylation is 3. The largest absolute Gasteiger partial charge is 0.146 e. The Labute approximate surface area is 109 Å². The SMILES string of the molecule is Cc1ccc(C(Br)c2cc(C)sc2C)cc1. The third kappa shape index (κ3) is 2.38. The molecule has 0 aliphatic carbocycles. The minimum Gasteiger partial charge on any atom is -0.146 e. The van der Waals surface area contributed by atoms with E-state index in [9.17, 15) is 0 Å². The van der Waals surface area contributed by atoms with E-state index in [0.29, 0.717) is 4.83 Å². The lowest BCUT2D eigenvalue weighted by molar-refractivity contribution is 1.16. The van der Waals surface area contributed by atoms with Crippen molar-refractivity contribution in [2.45, 2.75) is 25.6 Å². The van der Waals surface area contributed by atoms with E-state index in [4.69, 9.17) is 0 Å². The van der Waals surface area contributed by atoms with Crippen LogP contribution in [0.3, 0.4) is 0 Å². The minimum atomic E-state index is 0.318. The zero-order chi connectivity index (χ0) is 11.7. The minimum absolute atomic E-state index is 0.318. The Morgan fingerprint density at radius 2 is 1.69 bits per heavy atom. The first-order valence-corrected chi connectivity index (χ1v) is 7.08. The summed E-state index contributed by atoms with van der Waals surface area (Å²) in [5, 5.41) is 0. The van der Waals surface area contributed by atoms with Crippen LogP contribution in [0, 0.1) is 20.8 Å². The molecule has 2 aromatic rings. The van der Waals surface area contributed by atoms with Crippen molar-refractivity contribution in [3.05, 3.63) is 56.8 Å². The fourth-order valence-electron chi connectivity index (χ4n) is 1.82. The van der Waals surface area contributed by atoms with E-state index in [1.54, 1.807) is 0 Å². The lowest BCUT2D eigenvalue weighted by atomic mass is 10.0. The van der Waals surface area contributed by atoms with Gasteiger partial charge in [-0.2, -0.15) is 0 Å². The van der Waals surface area contributed by atoms with Crippen LogP contribution in [-0.4, -0.2) is 0 Å². The second-order valence-electron chi connectivity index (χ2n) is 4.14. The van der Waals surface area contributed by atoms with Crippen LogP contribution >= 0.6 is 27.3 Å². The molecule has 0 saturated heterocycles. The molecule has 1 aromatic carbocycles. The van der Waals surface area contributed by atoms with E-state index in [1.165, 1.54) is 26.4 Å². The molecule has 0 amide bonds. The molecule has 84 valence electrons. The molecule has 16 heavy (non-hydrogen) atoms. The normalized spacial score (nSPS) is 12.8. The predicted octanol–water partition coefficient (Wildman–Crippen LogP) is 5.16. The summed E-state index contributed by atoms with van der Waals surface area (Å²) in [5.41, 5.74) is 4.03. The molecule has 0 saturated carbocycles. The summed E-state index contributed by atoms with van der Waals surface area (Å²) in [6.07, 6.45) is 0. The highest BCUT2D eigenvalue weighted by molar-refractivity contribution is 9.09. The molecular formula is C14H15BrS. The fraction of sp³-hybridized carbons (Fsp3) is 0.286. The van der Waals surface area contributed by atoms with Gasteiger partial charge in [0.25, 0.3) is 0 Å². The van der Waals surface area contributed by atoms with Crippen LogP contribution in [-0.2, 0) is 0 Å². The molecule has 0 fully saturated rings. The zero-order valence-corrected chi connectivity index (χ0v) is 12.2. The van der Waals surface area contributed by atoms with Gasteiger partial charge in [0.1, 0.15) is 0 Å². The van der Waals surface area contributed by atoms with E-state index < -0.39 is 0 Å². The number of rotatable bonds is 2. The summed E-state index contributed by atoms with van der Waals surface area (Å²) in [7, 11) is 0. The first-order chi connectivity index (χ1) is 7.58. The topological polar surface area (TPSA) is 0 Å². The van der Waals surface area contributed by atoms with Gasteiger partial charge in [0.2, 0.25) is 0 Å². The van der Waals surface area contributed by atoms with Crippen LogP contribution in [0.2, 0.25) is 0 Å². The average molecular weight is 295 g/mol. The van der Waals surface area contributed by atoms with Gasteiger partial charge in [-0.3, -0.25) is 0 Å². The molecule has 0 aliphatic heterocycles. The van der Waals surface area contributed by atoms with Crippen LogP contribution in [0.5, 0.6) is 0 Å². The van der Waals surface area contributed by atoms with Crippen molar-refractivity contribution in [1.29, 1.82) is 0 Å². The lowest BCUT2D eigenvalue weighted by Gasteiger charge is -2.10. The maximum Gasteiger partial charge on any atom is 0.0655 e.